The van der Waals surface area contributed by atoms with Crippen LogP contribution in [0.5, 0.6) is 0 Å². The number of halogens is 1. The molecule has 1 aliphatic carbocycles. The molecule has 4 heteroatoms. The van der Waals surface area contributed by atoms with Crippen molar-refractivity contribution < 1.29 is 5.11 Å². The third-order valence-electron chi connectivity index (χ3n) is 4.28. The van der Waals surface area contributed by atoms with Gasteiger partial charge in [-0.05, 0) is 44.0 Å². The summed E-state index contributed by atoms with van der Waals surface area (Å²) in [6, 6.07) is 9.05. The number of nitrogens with one attached hydrogen (secondary N) is 1. The van der Waals surface area contributed by atoms with E-state index in [4.69, 9.17) is 11.6 Å². The van der Waals surface area contributed by atoms with Crippen molar-refractivity contribution in [1.82, 2.24) is 10.2 Å². The Kier molecular flexibility index (Phi) is 6.30. The third kappa shape index (κ3) is 4.19. The second-order valence-electron chi connectivity index (χ2n) is 5.53. The van der Waals surface area contributed by atoms with Crippen molar-refractivity contribution in [3.8, 4) is 0 Å². The van der Waals surface area contributed by atoms with Gasteiger partial charge in [-0.25, -0.2) is 0 Å². The first-order valence-electron chi connectivity index (χ1n) is 7.52. The summed E-state index contributed by atoms with van der Waals surface area (Å²) in [4.78, 5) is 2.43. The molecule has 1 fully saturated rings. The summed E-state index contributed by atoms with van der Waals surface area (Å²) in [6.45, 7) is 2.05. The minimum atomic E-state index is 0.248. The van der Waals surface area contributed by atoms with Crippen LogP contribution in [0.4, 0.5) is 0 Å². The number of hydrogen-bond donors (Lipinski definition) is 2. The Labute approximate surface area is 126 Å². The average molecular weight is 297 g/mol. The highest BCUT2D eigenvalue weighted by molar-refractivity contribution is 6.30. The van der Waals surface area contributed by atoms with E-state index >= 15 is 0 Å². The van der Waals surface area contributed by atoms with Crippen LogP contribution in [0.1, 0.15) is 37.3 Å². The van der Waals surface area contributed by atoms with Crippen LogP contribution in [0.2, 0.25) is 5.02 Å². The summed E-state index contributed by atoms with van der Waals surface area (Å²) in [5.41, 5.74) is 1.23. The monoisotopic (exact) mass is 296 g/mol. The molecule has 2 N–H and O–H groups in total. The maximum Gasteiger partial charge on any atom is 0.0558 e. The molecule has 1 unspecified atom stereocenters. The third-order valence-corrected chi connectivity index (χ3v) is 4.52. The van der Waals surface area contributed by atoms with Gasteiger partial charge in [0.25, 0.3) is 0 Å². The summed E-state index contributed by atoms with van der Waals surface area (Å²) >= 11 is 6.07. The van der Waals surface area contributed by atoms with Crippen molar-refractivity contribution in [3.63, 3.8) is 0 Å². The first kappa shape index (κ1) is 15.8. The van der Waals surface area contributed by atoms with Crippen molar-refractivity contribution in [2.45, 2.75) is 37.8 Å². The summed E-state index contributed by atoms with van der Waals surface area (Å²) < 4.78 is 0. The van der Waals surface area contributed by atoms with E-state index in [1.165, 1.54) is 24.8 Å². The van der Waals surface area contributed by atoms with E-state index in [9.17, 15) is 5.11 Å². The SMILES string of the molecule is CNC(CCN(CCO)C1CCC1)c1cccc(Cl)c1. The Morgan fingerprint density at radius 2 is 2.20 bits per heavy atom. The quantitative estimate of drug-likeness (QED) is 0.774. The molecule has 1 aromatic rings. The highest BCUT2D eigenvalue weighted by atomic mass is 35.5. The summed E-state index contributed by atoms with van der Waals surface area (Å²) in [7, 11) is 1.99. The largest absolute Gasteiger partial charge is 0.395 e. The molecule has 3 nitrogen and oxygen atoms in total. The highest BCUT2D eigenvalue weighted by Gasteiger charge is 2.24. The van der Waals surface area contributed by atoms with Gasteiger partial charge in [-0.2, -0.15) is 0 Å². The van der Waals surface area contributed by atoms with Crippen molar-refractivity contribution in [2.24, 2.45) is 0 Å². The molecular formula is C16H25ClN2O. The van der Waals surface area contributed by atoms with E-state index in [0.29, 0.717) is 12.1 Å². The molecule has 2 rings (SSSR count). The first-order valence-corrected chi connectivity index (χ1v) is 7.90. The number of hydrogen-bond acceptors (Lipinski definition) is 3. The topological polar surface area (TPSA) is 35.5 Å². The molecule has 112 valence electrons. The zero-order chi connectivity index (χ0) is 14.4. The molecule has 0 spiro atoms. The van der Waals surface area contributed by atoms with Crippen LogP contribution in [-0.4, -0.2) is 42.8 Å². The summed E-state index contributed by atoms with van der Waals surface area (Å²) in [5, 5.41) is 13.4. The normalized spacial score (nSPS) is 17.2. The number of benzene rings is 1. The first-order chi connectivity index (χ1) is 9.74. The van der Waals surface area contributed by atoms with Gasteiger partial charge in [0.2, 0.25) is 0 Å². The fraction of sp³-hybridized carbons (Fsp3) is 0.625. The number of rotatable bonds is 8. The molecule has 0 aromatic heterocycles. The zero-order valence-electron chi connectivity index (χ0n) is 12.2. The maximum atomic E-state index is 9.21. The van der Waals surface area contributed by atoms with E-state index in [2.05, 4.69) is 16.3 Å². The molecule has 0 radical (unpaired) electrons. The Balaban J connectivity index is 1.91. The van der Waals surface area contributed by atoms with Crippen LogP contribution in [-0.2, 0) is 0 Å². The van der Waals surface area contributed by atoms with Crippen LogP contribution in [0, 0.1) is 0 Å². The number of aliphatic hydroxyl groups is 1. The van der Waals surface area contributed by atoms with Gasteiger partial charge in [-0.3, -0.25) is 4.90 Å². The number of nitrogens with zero attached hydrogens (tertiary/aromatic N) is 1. The Morgan fingerprint density at radius 3 is 2.75 bits per heavy atom. The van der Waals surface area contributed by atoms with E-state index in [-0.39, 0.29) is 6.61 Å². The van der Waals surface area contributed by atoms with E-state index in [0.717, 1.165) is 24.5 Å². The lowest BCUT2D eigenvalue weighted by Gasteiger charge is -2.38. The summed E-state index contributed by atoms with van der Waals surface area (Å²) in [6.07, 6.45) is 4.92. The van der Waals surface area contributed by atoms with Gasteiger partial charge in [0.05, 0.1) is 6.61 Å². The second-order valence-corrected chi connectivity index (χ2v) is 5.97. The molecule has 0 heterocycles. The molecule has 20 heavy (non-hydrogen) atoms. The van der Waals surface area contributed by atoms with Crippen LogP contribution >= 0.6 is 11.6 Å². The lowest BCUT2D eigenvalue weighted by molar-refractivity contribution is 0.0972. The van der Waals surface area contributed by atoms with Gasteiger partial charge in [0, 0.05) is 30.2 Å². The standard InChI is InChI=1S/C16H25ClN2O/c1-18-16(13-4-2-5-14(17)12-13)8-9-19(10-11-20)15-6-3-7-15/h2,4-5,12,15-16,18,20H,3,6-11H2,1H3. The fourth-order valence-corrected chi connectivity index (χ4v) is 3.05. The predicted octanol–water partition coefficient (Wildman–Crippen LogP) is 2.84. The average Bonchev–Trinajstić information content (AvgIpc) is 2.37. The highest BCUT2D eigenvalue weighted by Crippen LogP contribution is 2.26. The zero-order valence-corrected chi connectivity index (χ0v) is 12.9. The minimum Gasteiger partial charge on any atom is -0.395 e. The molecular weight excluding hydrogens is 272 g/mol. The summed E-state index contributed by atoms with van der Waals surface area (Å²) in [5.74, 6) is 0. The van der Waals surface area contributed by atoms with Crippen LogP contribution in [0.25, 0.3) is 0 Å². The Hall–Kier alpha value is -0.610. The molecule has 0 amide bonds. The lowest BCUT2D eigenvalue weighted by atomic mass is 9.91. The van der Waals surface area contributed by atoms with Crippen LogP contribution in [0.15, 0.2) is 24.3 Å². The van der Waals surface area contributed by atoms with Gasteiger partial charge in [0.1, 0.15) is 0 Å². The molecule has 0 saturated heterocycles. The Morgan fingerprint density at radius 1 is 1.40 bits per heavy atom. The smallest absolute Gasteiger partial charge is 0.0558 e. The molecule has 1 saturated carbocycles. The van der Waals surface area contributed by atoms with Crippen LogP contribution < -0.4 is 5.32 Å². The minimum absolute atomic E-state index is 0.248. The second kappa shape index (κ2) is 7.99. The maximum absolute atomic E-state index is 9.21. The van der Waals surface area contributed by atoms with Gasteiger partial charge in [-0.1, -0.05) is 30.2 Å². The fourth-order valence-electron chi connectivity index (χ4n) is 2.85. The number of aliphatic hydroxyl groups excluding tert-OH is 1. The molecule has 1 aliphatic rings. The van der Waals surface area contributed by atoms with E-state index in [1.54, 1.807) is 0 Å². The van der Waals surface area contributed by atoms with Crippen molar-refractivity contribution in [2.75, 3.05) is 26.7 Å². The van der Waals surface area contributed by atoms with Gasteiger partial charge < -0.3 is 10.4 Å². The molecule has 1 aromatic carbocycles. The predicted molar refractivity (Wildman–Crippen MR) is 84.2 cm³/mol. The molecule has 0 bridgehead atoms. The van der Waals surface area contributed by atoms with E-state index < -0.39 is 0 Å². The molecule has 1 atom stereocenters. The molecule has 0 aliphatic heterocycles. The van der Waals surface area contributed by atoms with Crippen molar-refractivity contribution in [1.29, 1.82) is 0 Å². The van der Waals surface area contributed by atoms with Crippen LogP contribution in [0.3, 0.4) is 0 Å². The van der Waals surface area contributed by atoms with Gasteiger partial charge >= 0.3 is 0 Å². The van der Waals surface area contributed by atoms with E-state index in [1.807, 2.05) is 25.2 Å². The van der Waals surface area contributed by atoms with Gasteiger partial charge in [0.15, 0.2) is 0 Å². The van der Waals surface area contributed by atoms with Gasteiger partial charge in [-0.15, -0.1) is 0 Å². The Bertz CT molecular complexity index is 409. The van der Waals surface area contributed by atoms with Crippen molar-refractivity contribution in [3.05, 3.63) is 34.9 Å². The lowest BCUT2D eigenvalue weighted by Crippen LogP contribution is -2.43. The van der Waals surface area contributed by atoms with Crippen molar-refractivity contribution >= 4 is 11.6 Å².